The third-order valence-electron chi connectivity index (χ3n) is 2.68. The minimum Gasteiger partial charge on any atom is -0.376 e. The standard InChI is InChI=1S/C11H19NO2S/c1-3-4-5-10(13)12-8-11(14-2)6-7-15-9-11/h3H,1,4-9H2,2H3,(H,12,13)/t11-/m0/s1. The van der Waals surface area contributed by atoms with Crippen LogP contribution >= 0.6 is 11.8 Å². The number of hydrogen-bond donors (Lipinski definition) is 1. The Morgan fingerprint density at radius 2 is 2.53 bits per heavy atom. The summed E-state index contributed by atoms with van der Waals surface area (Å²) < 4.78 is 5.50. The Morgan fingerprint density at radius 1 is 1.73 bits per heavy atom. The minimum absolute atomic E-state index is 0.0863. The lowest BCUT2D eigenvalue weighted by atomic mass is 10.0. The van der Waals surface area contributed by atoms with Crippen LogP contribution in [0.1, 0.15) is 19.3 Å². The van der Waals surface area contributed by atoms with E-state index in [0.29, 0.717) is 13.0 Å². The summed E-state index contributed by atoms with van der Waals surface area (Å²) in [6.45, 7) is 4.22. The fourth-order valence-corrected chi connectivity index (χ4v) is 2.94. The summed E-state index contributed by atoms with van der Waals surface area (Å²) in [4.78, 5) is 11.4. The van der Waals surface area contributed by atoms with Gasteiger partial charge < -0.3 is 10.1 Å². The van der Waals surface area contributed by atoms with Gasteiger partial charge >= 0.3 is 0 Å². The first-order valence-electron chi connectivity index (χ1n) is 5.23. The van der Waals surface area contributed by atoms with Crippen LogP contribution in [0.15, 0.2) is 12.7 Å². The molecular weight excluding hydrogens is 210 g/mol. The topological polar surface area (TPSA) is 38.3 Å². The van der Waals surface area contributed by atoms with Crippen LogP contribution < -0.4 is 5.32 Å². The number of rotatable bonds is 6. The molecule has 4 heteroatoms. The Balaban J connectivity index is 2.27. The van der Waals surface area contributed by atoms with Crippen LogP contribution in [-0.4, -0.2) is 36.7 Å². The number of amides is 1. The molecule has 1 amide bonds. The van der Waals surface area contributed by atoms with Crippen LogP contribution in [0.25, 0.3) is 0 Å². The fraction of sp³-hybridized carbons (Fsp3) is 0.727. The highest BCUT2D eigenvalue weighted by molar-refractivity contribution is 7.99. The molecule has 0 saturated carbocycles. The normalized spacial score (nSPS) is 25.1. The lowest BCUT2D eigenvalue weighted by molar-refractivity contribution is -0.122. The van der Waals surface area contributed by atoms with E-state index in [1.54, 1.807) is 13.2 Å². The fourth-order valence-electron chi connectivity index (χ4n) is 1.54. The van der Waals surface area contributed by atoms with Crippen molar-refractivity contribution in [1.29, 1.82) is 0 Å². The van der Waals surface area contributed by atoms with E-state index in [1.807, 2.05) is 11.8 Å². The number of carbonyl (C=O) groups is 1. The highest BCUT2D eigenvalue weighted by Gasteiger charge is 2.34. The number of nitrogens with one attached hydrogen (secondary N) is 1. The molecule has 0 spiro atoms. The summed E-state index contributed by atoms with van der Waals surface area (Å²) in [5.74, 6) is 2.19. The zero-order chi connectivity index (χ0) is 11.1. The summed E-state index contributed by atoms with van der Waals surface area (Å²) >= 11 is 1.88. The van der Waals surface area contributed by atoms with Gasteiger partial charge in [-0.2, -0.15) is 11.8 Å². The zero-order valence-electron chi connectivity index (χ0n) is 9.25. The molecule has 0 aromatic carbocycles. The molecule has 0 bridgehead atoms. The van der Waals surface area contributed by atoms with E-state index in [-0.39, 0.29) is 11.5 Å². The summed E-state index contributed by atoms with van der Waals surface area (Å²) in [6, 6.07) is 0. The van der Waals surface area contributed by atoms with Gasteiger partial charge in [-0.1, -0.05) is 6.08 Å². The van der Waals surface area contributed by atoms with Crippen molar-refractivity contribution in [2.45, 2.75) is 24.9 Å². The summed E-state index contributed by atoms with van der Waals surface area (Å²) in [5.41, 5.74) is -0.130. The first kappa shape index (κ1) is 12.6. The summed E-state index contributed by atoms with van der Waals surface area (Å²) in [7, 11) is 1.72. The van der Waals surface area contributed by atoms with E-state index in [2.05, 4.69) is 11.9 Å². The van der Waals surface area contributed by atoms with Crippen LogP contribution in [0, 0.1) is 0 Å². The largest absolute Gasteiger partial charge is 0.376 e. The SMILES string of the molecule is C=CCCC(=O)NC[C@@]1(OC)CCSC1. The van der Waals surface area contributed by atoms with Crippen molar-refractivity contribution in [3.8, 4) is 0 Å². The summed E-state index contributed by atoms with van der Waals surface area (Å²) in [6.07, 6.45) is 4.05. The van der Waals surface area contributed by atoms with Gasteiger partial charge in [0.25, 0.3) is 0 Å². The molecule has 1 atom stereocenters. The monoisotopic (exact) mass is 229 g/mol. The molecule has 0 aromatic heterocycles. The molecule has 0 aromatic rings. The second kappa shape index (κ2) is 6.18. The van der Waals surface area contributed by atoms with Crippen LogP contribution in [0.5, 0.6) is 0 Å². The van der Waals surface area contributed by atoms with E-state index in [9.17, 15) is 4.79 Å². The Morgan fingerprint density at radius 3 is 3.07 bits per heavy atom. The summed E-state index contributed by atoms with van der Waals surface area (Å²) in [5, 5.41) is 2.93. The quantitative estimate of drug-likeness (QED) is 0.703. The number of carbonyl (C=O) groups excluding carboxylic acids is 1. The first-order valence-corrected chi connectivity index (χ1v) is 6.38. The van der Waals surface area contributed by atoms with E-state index in [1.165, 1.54) is 0 Å². The van der Waals surface area contributed by atoms with Gasteiger partial charge in [-0.05, 0) is 18.6 Å². The maximum absolute atomic E-state index is 11.4. The van der Waals surface area contributed by atoms with Gasteiger partial charge in [0.15, 0.2) is 0 Å². The van der Waals surface area contributed by atoms with E-state index in [4.69, 9.17) is 4.74 Å². The van der Waals surface area contributed by atoms with Crippen molar-refractivity contribution in [2.75, 3.05) is 25.2 Å². The molecule has 1 fully saturated rings. The number of thioether (sulfide) groups is 1. The van der Waals surface area contributed by atoms with Gasteiger partial charge in [-0.15, -0.1) is 6.58 Å². The van der Waals surface area contributed by atoms with Crippen LogP contribution in [0.2, 0.25) is 0 Å². The van der Waals surface area contributed by atoms with Crippen molar-refractivity contribution in [1.82, 2.24) is 5.32 Å². The number of allylic oxidation sites excluding steroid dienone is 1. The van der Waals surface area contributed by atoms with Crippen LogP contribution in [0.4, 0.5) is 0 Å². The third-order valence-corrected chi connectivity index (χ3v) is 3.91. The zero-order valence-corrected chi connectivity index (χ0v) is 10.1. The van der Waals surface area contributed by atoms with E-state index >= 15 is 0 Å². The Bertz CT molecular complexity index is 225. The third kappa shape index (κ3) is 3.87. The maximum Gasteiger partial charge on any atom is 0.220 e. The number of ether oxygens (including phenoxy) is 1. The molecule has 3 nitrogen and oxygen atoms in total. The van der Waals surface area contributed by atoms with Crippen molar-refractivity contribution in [3.63, 3.8) is 0 Å². The van der Waals surface area contributed by atoms with Gasteiger partial charge in [-0.3, -0.25) is 4.79 Å². The van der Waals surface area contributed by atoms with Crippen LogP contribution in [-0.2, 0) is 9.53 Å². The Kier molecular flexibility index (Phi) is 5.19. The highest BCUT2D eigenvalue weighted by Crippen LogP contribution is 2.30. The highest BCUT2D eigenvalue weighted by atomic mass is 32.2. The molecule has 1 saturated heterocycles. The second-order valence-corrected chi connectivity index (χ2v) is 4.90. The Labute approximate surface area is 95.6 Å². The molecule has 1 rings (SSSR count). The molecule has 1 heterocycles. The molecule has 1 N–H and O–H groups in total. The predicted molar refractivity (Wildman–Crippen MR) is 64.1 cm³/mol. The van der Waals surface area contributed by atoms with Gasteiger partial charge in [0.2, 0.25) is 5.91 Å². The first-order chi connectivity index (χ1) is 7.22. The van der Waals surface area contributed by atoms with Gasteiger partial charge in [0, 0.05) is 25.8 Å². The lowest BCUT2D eigenvalue weighted by Gasteiger charge is -2.26. The smallest absolute Gasteiger partial charge is 0.220 e. The molecule has 0 unspecified atom stereocenters. The molecule has 1 aliphatic heterocycles. The minimum atomic E-state index is -0.130. The van der Waals surface area contributed by atoms with Gasteiger partial charge in [0.05, 0.1) is 5.60 Å². The van der Waals surface area contributed by atoms with Crippen molar-refractivity contribution in [3.05, 3.63) is 12.7 Å². The van der Waals surface area contributed by atoms with Crippen molar-refractivity contribution >= 4 is 17.7 Å². The maximum atomic E-state index is 11.4. The lowest BCUT2D eigenvalue weighted by Crippen LogP contribution is -2.44. The van der Waals surface area contributed by atoms with Crippen molar-refractivity contribution < 1.29 is 9.53 Å². The molecule has 0 radical (unpaired) electrons. The molecule has 1 aliphatic rings. The average Bonchev–Trinajstić information content (AvgIpc) is 2.73. The molecular formula is C11H19NO2S. The predicted octanol–water partition coefficient (Wildman–Crippen LogP) is 1.59. The van der Waals surface area contributed by atoms with E-state index in [0.717, 1.165) is 24.3 Å². The van der Waals surface area contributed by atoms with Crippen LogP contribution in [0.3, 0.4) is 0 Å². The van der Waals surface area contributed by atoms with Crippen molar-refractivity contribution in [2.24, 2.45) is 0 Å². The average molecular weight is 229 g/mol. The van der Waals surface area contributed by atoms with E-state index < -0.39 is 0 Å². The number of hydrogen-bond acceptors (Lipinski definition) is 3. The molecule has 0 aliphatic carbocycles. The second-order valence-electron chi connectivity index (χ2n) is 3.79. The molecule has 15 heavy (non-hydrogen) atoms. The van der Waals surface area contributed by atoms with Gasteiger partial charge in [-0.25, -0.2) is 0 Å². The number of methoxy groups -OCH3 is 1. The molecule has 86 valence electrons. The Hall–Kier alpha value is -0.480. The van der Waals surface area contributed by atoms with Gasteiger partial charge in [0.1, 0.15) is 0 Å².